The molecule has 1 amide bonds. The van der Waals surface area contributed by atoms with Crippen molar-refractivity contribution in [2.24, 2.45) is 13.0 Å². The molecule has 1 aliphatic rings. The topological polar surface area (TPSA) is 86.8 Å². The van der Waals surface area contributed by atoms with Gasteiger partial charge in [-0.25, -0.2) is 4.98 Å². The fourth-order valence-electron chi connectivity index (χ4n) is 4.44. The molecular formula is C25H28N6O. The number of amides is 1. The van der Waals surface area contributed by atoms with E-state index in [1.54, 1.807) is 29.2 Å². The van der Waals surface area contributed by atoms with E-state index < -0.39 is 0 Å². The average Bonchev–Trinajstić information content (AvgIpc) is 3.23. The summed E-state index contributed by atoms with van der Waals surface area (Å²) in [7, 11) is 1.89. The maximum atomic E-state index is 13.8. The Labute approximate surface area is 188 Å². The van der Waals surface area contributed by atoms with Gasteiger partial charge in [0.25, 0.3) is 5.91 Å². The summed E-state index contributed by atoms with van der Waals surface area (Å²) < 4.78 is 1.80. The molecule has 0 saturated carbocycles. The quantitative estimate of drug-likeness (QED) is 0.663. The molecule has 2 atom stereocenters. The highest BCUT2D eigenvalue weighted by molar-refractivity contribution is 6.01. The number of piperidine rings is 1. The highest BCUT2D eigenvalue weighted by Gasteiger charge is 2.33. The first-order chi connectivity index (χ1) is 15.5. The molecule has 32 heavy (non-hydrogen) atoms. The Hall–Kier alpha value is -3.66. The third-order valence-electron chi connectivity index (χ3n) is 6.26. The molecule has 1 aliphatic heterocycles. The van der Waals surface area contributed by atoms with Crippen LogP contribution in [0.3, 0.4) is 0 Å². The summed E-state index contributed by atoms with van der Waals surface area (Å²) in [6.07, 6.45) is 5.39. The fraction of sp³-hybridized carbons (Fsp3) is 0.360. The number of carbonyl (C=O) groups is 1. The zero-order valence-electron chi connectivity index (χ0n) is 18.7. The summed E-state index contributed by atoms with van der Waals surface area (Å²) in [5.41, 5.74) is 4.12. The minimum atomic E-state index is 0.0496. The van der Waals surface area contributed by atoms with Gasteiger partial charge in [0.1, 0.15) is 11.9 Å². The number of hydrogen-bond acceptors (Lipinski definition) is 5. The van der Waals surface area contributed by atoms with Crippen molar-refractivity contribution < 1.29 is 4.79 Å². The zero-order valence-corrected chi connectivity index (χ0v) is 18.7. The number of benzene rings is 1. The minimum absolute atomic E-state index is 0.0496. The Morgan fingerprint density at radius 2 is 2.12 bits per heavy atom. The molecule has 1 aromatic carbocycles. The molecule has 0 bridgehead atoms. The number of hydrogen-bond donors (Lipinski definition) is 1. The van der Waals surface area contributed by atoms with Crippen molar-refractivity contribution in [1.29, 1.82) is 5.26 Å². The van der Waals surface area contributed by atoms with Gasteiger partial charge < -0.3 is 10.2 Å². The predicted octanol–water partition coefficient (Wildman–Crippen LogP) is 4.02. The van der Waals surface area contributed by atoms with Crippen LogP contribution in [0, 0.1) is 24.2 Å². The number of nitrogens with zero attached hydrogens (tertiary/aromatic N) is 5. The van der Waals surface area contributed by atoms with E-state index >= 15 is 0 Å². The summed E-state index contributed by atoms with van der Waals surface area (Å²) in [6, 6.07) is 13.7. The van der Waals surface area contributed by atoms with Crippen molar-refractivity contribution in [1.82, 2.24) is 19.7 Å². The second-order valence-corrected chi connectivity index (χ2v) is 8.50. The Morgan fingerprint density at radius 3 is 2.81 bits per heavy atom. The molecule has 0 aliphatic carbocycles. The van der Waals surface area contributed by atoms with Crippen molar-refractivity contribution >= 4 is 11.7 Å². The van der Waals surface area contributed by atoms with Crippen LogP contribution in [0.15, 0.2) is 48.8 Å². The van der Waals surface area contributed by atoms with E-state index in [4.69, 9.17) is 5.26 Å². The molecule has 1 saturated heterocycles. The Morgan fingerprint density at radius 1 is 1.28 bits per heavy atom. The lowest BCUT2D eigenvalue weighted by Gasteiger charge is -2.40. The molecule has 164 valence electrons. The lowest BCUT2D eigenvalue weighted by Crippen LogP contribution is -2.51. The Kier molecular flexibility index (Phi) is 6.22. The van der Waals surface area contributed by atoms with Gasteiger partial charge in [-0.1, -0.05) is 24.6 Å². The van der Waals surface area contributed by atoms with E-state index in [0.717, 1.165) is 36.2 Å². The van der Waals surface area contributed by atoms with E-state index in [0.29, 0.717) is 29.4 Å². The molecular weight excluding hydrogens is 400 g/mol. The highest BCUT2D eigenvalue weighted by atomic mass is 16.2. The molecule has 1 N–H and O–H groups in total. The predicted molar refractivity (Wildman–Crippen MR) is 124 cm³/mol. The van der Waals surface area contributed by atoms with Gasteiger partial charge in [0, 0.05) is 43.7 Å². The molecule has 7 heteroatoms. The van der Waals surface area contributed by atoms with Crippen LogP contribution in [-0.4, -0.2) is 44.7 Å². The van der Waals surface area contributed by atoms with Crippen molar-refractivity contribution in [3.8, 4) is 17.3 Å². The summed E-state index contributed by atoms with van der Waals surface area (Å²) in [5, 5.41) is 16.6. The lowest BCUT2D eigenvalue weighted by atomic mass is 9.89. The van der Waals surface area contributed by atoms with Gasteiger partial charge in [0.2, 0.25) is 0 Å². The third-order valence-corrected chi connectivity index (χ3v) is 6.26. The number of rotatable bonds is 5. The van der Waals surface area contributed by atoms with E-state index in [-0.39, 0.29) is 11.9 Å². The summed E-state index contributed by atoms with van der Waals surface area (Å²) in [4.78, 5) is 20.2. The normalized spacial score (nSPS) is 18.2. The number of aryl methyl sites for hydroxylation is 2. The van der Waals surface area contributed by atoms with Crippen molar-refractivity contribution in [3.05, 3.63) is 65.5 Å². The summed E-state index contributed by atoms with van der Waals surface area (Å²) >= 11 is 0. The van der Waals surface area contributed by atoms with Gasteiger partial charge >= 0.3 is 0 Å². The smallest absolute Gasteiger partial charge is 0.254 e. The number of pyridine rings is 1. The Balaban J connectivity index is 1.60. The third kappa shape index (κ3) is 4.35. The number of carbonyl (C=O) groups excluding carboxylic acids is 1. The first-order valence-electron chi connectivity index (χ1n) is 11.0. The molecule has 1 unspecified atom stereocenters. The standard InChI is InChI=1S/C25H28N6O/c1-17-6-8-20(22-10-11-29-30(22)3)21(13-17)25(32)31-12-4-5-18(2)23(31)16-28-24-9-7-19(14-26)15-27-24/h6-11,13,15,18,23H,4-5,12,16H2,1-3H3,(H,27,28)/t18?,23-/m1/s1. The summed E-state index contributed by atoms with van der Waals surface area (Å²) in [5.74, 6) is 1.12. The van der Waals surface area contributed by atoms with E-state index in [1.165, 1.54) is 0 Å². The van der Waals surface area contributed by atoms with Crippen molar-refractivity contribution in [2.75, 3.05) is 18.4 Å². The maximum absolute atomic E-state index is 13.8. The van der Waals surface area contributed by atoms with Crippen LogP contribution in [0.25, 0.3) is 11.3 Å². The van der Waals surface area contributed by atoms with Gasteiger partial charge in [-0.05, 0) is 49.9 Å². The number of aromatic nitrogens is 3. The molecule has 0 radical (unpaired) electrons. The number of nitrogens with one attached hydrogen (secondary N) is 1. The van der Waals surface area contributed by atoms with Crippen LogP contribution in [-0.2, 0) is 7.05 Å². The number of likely N-dealkylation sites (tertiary alicyclic amines) is 1. The average molecular weight is 429 g/mol. The first-order valence-corrected chi connectivity index (χ1v) is 11.0. The second kappa shape index (κ2) is 9.23. The van der Waals surface area contributed by atoms with Crippen LogP contribution >= 0.6 is 0 Å². The molecule has 3 aromatic rings. The van der Waals surface area contributed by atoms with Gasteiger partial charge in [-0.2, -0.15) is 10.4 Å². The number of anilines is 1. The van der Waals surface area contributed by atoms with E-state index in [2.05, 4.69) is 28.4 Å². The molecule has 2 aromatic heterocycles. The van der Waals surface area contributed by atoms with Crippen LogP contribution in [0.5, 0.6) is 0 Å². The number of nitriles is 1. The van der Waals surface area contributed by atoms with Crippen molar-refractivity contribution in [3.63, 3.8) is 0 Å². The summed E-state index contributed by atoms with van der Waals surface area (Å²) in [6.45, 7) is 5.56. The molecule has 7 nitrogen and oxygen atoms in total. The molecule has 3 heterocycles. The zero-order chi connectivity index (χ0) is 22.7. The van der Waals surface area contributed by atoms with E-state index in [1.807, 2.05) is 43.1 Å². The van der Waals surface area contributed by atoms with Gasteiger partial charge in [0.15, 0.2) is 0 Å². The highest BCUT2D eigenvalue weighted by Crippen LogP contribution is 2.30. The van der Waals surface area contributed by atoms with Crippen LogP contribution in [0.1, 0.15) is 41.3 Å². The molecule has 1 fully saturated rings. The van der Waals surface area contributed by atoms with Crippen LogP contribution in [0.4, 0.5) is 5.82 Å². The molecule has 4 rings (SSSR count). The fourth-order valence-corrected chi connectivity index (χ4v) is 4.44. The van der Waals surface area contributed by atoms with Gasteiger partial charge in [-0.15, -0.1) is 0 Å². The molecule has 0 spiro atoms. The minimum Gasteiger partial charge on any atom is -0.368 e. The van der Waals surface area contributed by atoms with Gasteiger partial charge in [0.05, 0.1) is 17.3 Å². The first kappa shape index (κ1) is 21.6. The van der Waals surface area contributed by atoms with Gasteiger partial charge in [-0.3, -0.25) is 9.48 Å². The second-order valence-electron chi connectivity index (χ2n) is 8.50. The largest absolute Gasteiger partial charge is 0.368 e. The van der Waals surface area contributed by atoms with Crippen LogP contribution in [0.2, 0.25) is 0 Å². The SMILES string of the molecule is Cc1ccc(-c2ccnn2C)c(C(=O)N2CCCC(C)[C@H]2CNc2ccc(C#N)cn2)c1. The van der Waals surface area contributed by atoms with Crippen LogP contribution < -0.4 is 5.32 Å². The van der Waals surface area contributed by atoms with Crippen molar-refractivity contribution in [2.45, 2.75) is 32.7 Å². The lowest BCUT2D eigenvalue weighted by molar-refractivity contribution is 0.0540. The monoisotopic (exact) mass is 428 g/mol. The van der Waals surface area contributed by atoms with E-state index in [9.17, 15) is 4.79 Å². The Bertz CT molecular complexity index is 1140. The maximum Gasteiger partial charge on any atom is 0.254 e.